The highest BCUT2D eigenvalue weighted by molar-refractivity contribution is 5.72. The highest BCUT2D eigenvalue weighted by Gasteiger charge is 2.19. The van der Waals surface area contributed by atoms with Crippen molar-refractivity contribution < 1.29 is 28.6 Å². The predicted octanol–water partition coefficient (Wildman–Crippen LogP) is 13.3. The molecule has 6 heteroatoms. The second-order valence-corrected chi connectivity index (χ2v) is 13.5. The molecule has 0 rings (SSSR count). The first-order chi connectivity index (χ1) is 26.0. The summed E-state index contributed by atoms with van der Waals surface area (Å²) in [6, 6.07) is 0. The van der Waals surface area contributed by atoms with E-state index in [2.05, 4.69) is 93.7 Å². The molecule has 6 nitrogen and oxygen atoms in total. The Morgan fingerprint density at radius 2 is 0.830 bits per heavy atom. The number of hydrogen-bond donors (Lipinski definition) is 0. The maximum Gasteiger partial charge on any atom is 0.309 e. The van der Waals surface area contributed by atoms with Gasteiger partial charge >= 0.3 is 17.9 Å². The zero-order valence-electron chi connectivity index (χ0n) is 34.0. The van der Waals surface area contributed by atoms with E-state index in [1.165, 1.54) is 64.2 Å². The minimum atomic E-state index is -0.836. The van der Waals surface area contributed by atoms with Crippen LogP contribution >= 0.6 is 0 Å². The lowest BCUT2D eigenvalue weighted by Gasteiger charge is -2.18. The quantitative estimate of drug-likeness (QED) is 0.0276. The fourth-order valence-electron chi connectivity index (χ4n) is 5.28. The molecule has 0 heterocycles. The van der Waals surface area contributed by atoms with Crippen molar-refractivity contribution in [3.05, 3.63) is 85.1 Å². The third-order valence-corrected chi connectivity index (χ3v) is 8.40. The van der Waals surface area contributed by atoms with Gasteiger partial charge in [-0.05, 0) is 83.5 Å². The van der Waals surface area contributed by atoms with Gasteiger partial charge in [0.2, 0.25) is 0 Å². The van der Waals surface area contributed by atoms with E-state index in [0.717, 1.165) is 64.2 Å². The molecule has 1 atom stereocenters. The number of allylic oxidation sites excluding steroid dienone is 13. The molecule has 1 unspecified atom stereocenters. The standard InChI is InChI=1S/C47H76O6/c1-4-7-10-13-16-19-21-22-23-24-26-28-31-34-37-40-46(49)52-43-44(42-51-45(48)39-36-33-30-27-18-15-12-9-6-3)53-47(50)41-38-35-32-29-25-20-17-14-11-8-5-2/h8-9,11-12,17-21,27,29,32-33,36,44H,4-7,10,13-16,22-26,28,30-31,34-35,37-43H2,1-3H3/b11-8-,12-9-,20-17-,21-19-,27-18-,32-29-,36-33-. The smallest absolute Gasteiger partial charge is 0.309 e. The topological polar surface area (TPSA) is 78.9 Å². The Kier molecular flexibility index (Phi) is 38.7. The third-order valence-electron chi connectivity index (χ3n) is 8.40. The largest absolute Gasteiger partial charge is 0.462 e. The van der Waals surface area contributed by atoms with Crippen LogP contribution in [0.3, 0.4) is 0 Å². The van der Waals surface area contributed by atoms with Crippen LogP contribution in [-0.2, 0) is 28.6 Å². The number of unbranched alkanes of at least 4 members (excludes halogenated alkanes) is 12. The van der Waals surface area contributed by atoms with E-state index in [9.17, 15) is 14.4 Å². The second kappa shape index (κ2) is 41.3. The summed E-state index contributed by atoms with van der Waals surface area (Å²) in [6.45, 7) is 6.20. The van der Waals surface area contributed by atoms with Crippen LogP contribution in [0.25, 0.3) is 0 Å². The second-order valence-electron chi connectivity index (χ2n) is 13.5. The fraction of sp³-hybridized carbons (Fsp3) is 0.638. The number of rotatable bonds is 36. The van der Waals surface area contributed by atoms with Crippen molar-refractivity contribution >= 4 is 17.9 Å². The van der Waals surface area contributed by atoms with Crippen LogP contribution in [0.1, 0.15) is 175 Å². The molecular weight excluding hydrogens is 661 g/mol. The number of hydrogen-bond acceptors (Lipinski definition) is 6. The predicted molar refractivity (Wildman–Crippen MR) is 224 cm³/mol. The minimum Gasteiger partial charge on any atom is -0.462 e. The zero-order chi connectivity index (χ0) is 38.7. The summed E-state index contributed by atoms with van der Waals surface area (Å²) in [6.07, 6.45) is 51.8. The third kappa shape index (κ3) is 39.6. The maximum atomic E-state index is 12.6. The molecule has 0 aromatic rings. The molecule has 0 fully saturated rings. The average Bonchev–Trinajstić information content (AvgIpc) is 3.15. The number of ether oxygens (including phenoxy) is 3. The Labute approximate surface area is 325 Å². The van der Waals surface area contributed by atoms with Crippen LogP contribution in [0.4, 0.5) is 0 Å². The fourth-order valence-corrected chi connectivity index (χ4v) is 5.28. The molecule has 0 bridgehead atoms. The molecule has 0 aromatic carbocycles. The average molecular weight is 737 g/mol. The zero-order valence-corrected chi connectivity index (χ0v) is 34.0. The number of carbonyl (C=O) groups is 3. The summed E-state index contributed by atoms with van der Waals surface area (Å²) in [7, 11) is 0. The first kappa shape index (κ1) is 49.6. The summed E-state index contributed by atoms with van der Waals surface area (Å²) >= 11 is 0. The van der Waals surface area contributed by atoms with Crippen LogP contribution in [0.2, 0.25) is 0 Å². The summed E-state index contributed by atoms with van der Waals surface area (Å²) in [4.78, 5) is 37.5. The van der Waals surface area contributed by atoms with Gasteiger partial charge in [0.25, 0.3) is 0 Å². The van der Waals surface area contributed by atoms with Gasteiger partial charge in [-0.3, -0.25) is 14.4 Å². The van der Waals surface area contributed by atoms with Crippen molar-refractivity contribution in [3.8, 4) is 0 Å². The molecule has 53 heavy (non-hydrogen) atoms. The minimum absolute atomic E-state index is 0.122. The lowest BCUT2D eigenvalue weighted by Crippen LogP contribution is -2.30. The van der Waals surface area contributed by atoms with Crippen LogP contribution < -0.4 is 0 Å². The molecule has 300 valence electrons. The van der Waals surface area contributed by atoms with Crippen molar-refractivity contribution in [2.45, 2.75) is 181 Å². The molecule has 0 saturated carbocycles. The summed E-state index contributed by atoms with van der Waals surface area (Å²) < 4.78 is 16.5. The highest BCUT2D eigenvalue weighted by atomic mass is 16.6. The monoisotopic (exact) mass is 737 g/mol. The summed E-state index contributed by atoms with van der Waals surface area (Å²) in [5.74, 6) is -1.13. The van der Waals surface area contributed by atoms with Crippen LogP contribution in [0.15, 0.2) is 85.1 Å². The van der Waals surface area contributed by atoms with E-state index in [4.69, 9.17) is 14.2 Å². The Bertz CT molecular complexity index is 1080. The molecule has 0 N–H and O–H groups in total. The summed E-state index contributed by atoms with van der Waals surface area (Å²) in [5.41, 5.74) is 0. The molecular formula is C47H76O6. The first-order valence-corrected chi connectivity index (χ1v) is 21.1. The summed E-state index contributed by atoms with van der Waals surface area (Å²) in [5, 5.41) is 0. The van der Waals surface area contributed by atoms with Crippen LogP contribution in [0.5, 0.6) is 0 Å². The van der Waals surface area contributed by atoms with Gasteiger partial charge in [-0.1, -0.05) is 157 Å². The van der Waals surface area contributed by atoms with Gasteiger partial charge in [0, 0.05) is 12.8 Å². The molecule has 0 aromatic heterocycles. The Morgan fingerprint density at radius 1 is 0.415 bits per heavy atom. The SMILES string of the molecule is CC/C=C\C/C=C\C/C=C\CCCC(=O)OC(COC(=O)C/C=C\C/C=C\C/C=C\CC)COC(=O)CCCCCCCCC/C=C\CCCCCC. The van der Waals surface area contributed by atoms with Crippen molar-refractivity contribution in [2.75, 3.05) is 13.2 Å². The van der Waals surface area contributed by atoms with Crippen molar-refractivity contribution in [1.29, 1.82) is 0 Å². The van der Waals surface area contributed by atoms with E-state index >= 15 is 0 Å². The lowest BCUT2D eigenvalue weighted by atomic mass is 10.1. The van der Waals surface area contributed by atoms with E-state index in [-0.39, 0.29) is 32.0 Å². The number of esters is 3. The molecule has 0 amide bonds. The van der Waals surface area contributed by atoms with Gasteiger partial charge in [-0.15, -0.1) is 0 Å². The lowest BCUT2D eigenvalue weighted by molar-refractivity contribution is -0.166. The highest BCUT2D eigenvalue weighted by Crippen LogP contribution is 2.12. The normalized spacial score (nSPS) is 12.9. The van der Waals surface area contributed by atoms with E-state index < -0.39 is 18.0 Å². The van der Waals surface area contributed by atoms with Crippen LogP contribution in [-0.4, -0.2) is 37.2 Å². The molecule has 0 aliphatic carbocycles. The molecule has 0 aliphatic rings. The Morgan fingerprint density at radius 3 is 1.40 bits per heavy atom. The number of carbonyl (C=O) groups excluding carboxylic acids is 3. The molecule has 0 aliphatic heterocycles. The molecule has 0 saturated heterocycles. The van der Waals surface area contributed by atoms with Crippen LogP contribution in [0, 0.1) is 0 Å². The van der Waals surface area contributed by atoms with Crippen molar-refractivity contribution in [2.24, 2.45) is 0 Å². The van der Waals surface area contributed by atoms with E-state index in [1.54, 1.807) is 6.08 Å². The van der Waals surface area contributed by atoms with E-state index in [0.29, 0.717) is 12.8 Å². The molecule has 0 spiro atoms. The van der Waals surface area contributed by atoms with Crippen molar-refractivity contribution in [1.82, 2.24) is 0 Å². The first-order valence-electron chi connectivity index (χ1n) is 21.1. The van der Waals surface area contributed by atoms with Gasteiger partial charge in [-0.2, -0.15) is 0 Å². The van der Waals surface area contributed by atoms with Gasteiger partial charge in [0.15, 0.2) is 6.10 Å². The van der Waals surface area contributed by atoms with E-state index in [1.807, 2.05) is 6.08 Å². The Hall–Kier alpha value is -3.41. The molecule has 0 radical (unpaired) electrons. The van der Waals surface area contributed by atoms with Gasteiger partial charge in [-0.25, -0.2) is 0 Å². The Balaban J connectivity index is 4.49. The maximum absolute atomic E-state index is 12.6. The van der Waals surface area contributed by atoms with Crippen molar-refractivity contribution in [3.63, 3.8) is 0 Å². The van der Waals surface area contributed by atoms with Gasteiger partial charge < -0.3 is 14.2 Å². The van der Waals surface area contributed by atoms with Gasteiger partial charge in [0.05, 0.1) is 6.42 Å². The van der Waals surface area contributed by atoms with Gasteiger partial charge in [0.1, 0.15) is 13.2 Å².